The first-order chi connectivity index (χ1) is 8.65. The highest BCUT2D eigenvalue weighted by atomic mass is 35.5. The van der Waals surface area contributed by atoms with Gasteiger partial charge in [0.05, 0.1) is 10.0 Å². The van der Waals surface area contributed by atoms with Crippen LogP contribution in [0.3, 0.4) is 0 Å². The molecule has 0 aliphatic heterocycles. The van der Waals surface area contributed by atoms with Crippen molar-refractivity contribution in [1.29, 1.82) is 0 Å². The van der Waals surface area contributed by atoms with E-state index < -0.39 is 0 Å². The fourth-order valence-corrected chi connectivity index (χ4v) is 3.31. The summed E-state index contributed by atoms with van der Waals surface area (Å²) in [6, 6.07) is 6.91. The summed E-state index contributed by atoms with van der Waals surface area (Å²) < 4.78 is 0. The largest absolute Gasteiger partial charge is 0.313 e. The predicted octanol–water partition coefficient (Wildman–Crippen LogP) is 4.41. The van der Waals surface area contributed by atoms with E-state index in [4.69, 9.17) is 23.2 Å². The molecule has 1 nitrogen and oxygen atoms in total. The third-order valence-corrected chi connectivity index (χ3v) is 5.24. The quantitative estimate of drug-likeness (QED) is 0.844. The van der Waals surface area contributed by atoms with Crippen molar-refractivity contribution in [3.8, 4) is 0 Å². The number of hydrogen-bond acceptors (Lipinski definition) is 1. The zero-order valence-electron chi connectivity index (χ0n) is 10.7. The fourth-order valence-electron chi connectivity index (χ4n) is 3.01. The Balaban J connectivity index is 1.81. The second-order valence-corrected chi connectivity index (χ2v) is 6.56. The lowest BCUT2D eigenvalue weighted by molar-refractivity contribution is 0.522. The molecule has 2 unspecified atom stereocenters. The molecule has 0 saturated heterocycles. The summed E-state index contributed by atoms with van der Waals surface area (Å²) in [6.07, 6.45) is 5.20. The van der Waals surface area contributed by atoms with E-state index in [9.17, 15) is 0 Å². The number of hydrogen-bond donors (Lipinski definition) is 1. The van der Waals surface area contributed by atoms with Crippen LogP contribution in [0.25, 0.3) is 0 Å². The Morgan fingerprint density at radius 2 is 2.06 bits per heavy atom. The molecule has 0 spiro atoms. The number of benzene rings is 1. The van der Waals surface area contributed by atoms with Crippen LogP contribution in [0.4, 0.5) is 0 Å². The van der Waals surface area contributed by atoms with Crippen LogP contribution < -0.4 is 5.32 Å². The third-order valence-electron chi connectivity index (χ3n) is 4.50. The van der Waals surface area contributed by atoms with Gasteiger partial charge < -0.3 is 5.32 Å². The van der Waals surface area contributed by atoms with Crippen LogP contribution in [-0.2, 0) is 5.41 Å². The molecule has 1 aromatic carbocycles. The van der Waals surface area contributed by atoms with E-state index >= 15 is 0 Å². The van der Waals surface area contributed by atoms with Crippen LogP contribution in [0.1, 0.15) is 38.2 Å². The van der Waals surface area contributed by atoms with Crippen LogP contribution in [-0.4, -0.2) is 12.6 Å². The number of halogens is 2. The maximum Gasteiger partial charge on any atom is 0.0595 e. The van der Waals surface area contributed by atoms with Crippen LogP contribution in [0.5, 0.6) is 0 Å². The second-order valence-electron chi connectivity index (χ2n) is 5.75. The molecule has 3 rings (SSSR count). The molecule has 3 heteroatoms. The molecule has 2 aliphatic carbocycles. The van der Waals surface area contributed by atoms with Crippen molar-refractivity contribution in [1.82, 2.24) is 5.32 Å². The van der Waals surface area contributed by atoms with Crippen molar-refractivity contribution in [3.05, 3.63) is 33.8 Å². The van der Waals surface area contributed by atoms with Crippen LogP contribution >= 0.6 is 23.2 Å². The smallest absolute Gasteiger partial charge is 0.0595 e. The summed E-state index contributed by atoms with van der Waals surface area (Å²) in [5.41, 5.74) is 1.67. The van der Waals surface area contributed by atoms with E-state index in [0.29, 0.717) is 15.5 Å². The van der Waals surface area contributed by atoms with E-state index in [1.807, 2.05) is 6.07 Å². The summed E-state index contributed by atoms with van der Waals surface area (Å²) in [5.74, 6) is 0.793. The lowest BCUT2D eigenvalue weighted by atomic mass is 9.92. The molecule has 18 heavy (non-hydrogen) atoms. The van der Waals surface area contributed by atoms with Crippen molar-refractivity contribution >= 4 is 23.2 Å². The predicted molar refractivity (Wildman–Crippen MR) is 77.6 cm³/mol. The summed E-state index contributed by atoms with van der Waals surface area (Å²) in [6.45, 7) is 3.37. The molecule has 2 fully saturated rings. The first-order valence-electron chi connectivity index (χ1n) is 6.84. The Hall–Kier alpha value is -0.240. The number of rotatable bonds is 5. The van der Waals surface area contributed by atoms with Crippen molar-refractivity contribution in [3.63, 3.8) is 0 Å². The minimum Gasteiger partial charge on any atom is -0.313 e. The van der Waals surface area contributed by atoms with Gasteiger partial charge in [0, 0.05) is 18.0 Å². The second kappa shape index (κ2) is 4.70. The van der Waals surface area contributed by atoms with Crippen molar-refractivity contribution < 1.29 is 0 Å². The molecule has 0 aromatic heterocycles. The molecule has 0 amide bonds. The zero-order chi connectivity index (χ0) is 12.8. The molecule has 2 saturated carbocycles. The molecule has 2 aliphatic rings. The van der Waals surface area contributed by atoms with Crippen LogP contribution in [0.15, 0.2) is 18.2 Å². The van der Waals surface area contributed by atoms with Gasteiger partial charge in [0.1, 0.15) is 0 Å². The maximum atomic E-state index is 6.16. The van der Waals surface area contributed by atoms with Crippen LogP contribution in [0.2, 0.25) is 10.0 Å². The van der Waals surface area contributed by atoms with Gasteiger partial charge >= 0.3 is 0 Å². The zero-order valence-corrected chi connectivity index (χ0v) is 12.2. The van der Waals surface area contributed by atoms with E-state index in [0.717, 1.165) is 18.5 Å². The third kappa shape index (κ3) is 2.29. The summed E-state index contributed by atoms with van der Waals surface area (Å²) in [5, 5.41) is 5.01. The molecule has 1 aromatic rings. The van der Waals surface area contributed by atoms with E-state index in [1.165, 1.54) is 31.2 Å². The van der Waals surface area contributed by atoms with Gasteiger partial charge in [-0.2, -0.15) is 0 Å². The lowest BCUT2D eigenvalue weighted by Crippen LogP contribution is -2.30. The Morgan fingerprint density at radius 3 is 2.61 bits per heavy atom. The molecule has 0 radical (unpaired) electrons. The molecule has 0 heterocycles. The normalized spacial score (nSPS) is 30.5. The summed E-state index contributed by atoms with van der Waals surface area (Å²) in [7, 11) is 0. The van der Waals surface area contributed by atoms with Crippen molar-refractivity contribution in [2.45, 2.75) is 44.1 Å². The van der Waals surface area contributed by atoms with E-state index in [-0.39, 0.29) is 0 Å². The van der Waals surface area contributed by atoms with E-state index in [2.05, 4.69) is 24.4 Å². The highest BCUT2D eigenvalue weighted by molar-refractivity contribution is 6.42. The van der Waals surface area contributed by atoms with Crippen LogP contribution in [0, 0.1) is 5.92 Å². The van der Waals surface area contributed by atoms with Gasteiger partial charge in [-0.3, -0.25) is 0 Å². The molecule has 1 N–H and O–H groups in total. The van der Waals surface area contributed by atoms with Gasteiger partial charge in [-0.25, -0.2) is 0 Å². The Morgan fingerprint density at radius 1 is 1.28 bits per heavy atom. The number of nitrogens with one attached hydrogen (secondary N) is 1. The van der Waals surface area contributed by atoms with Gasteiger partial charge in [-0.05, 0) is 42.9 Å². The Bertz CT molecular complexity index is 456. The fraction of sp³-hybridized carbons (Fsp3) is 0.600. The molecular formula is C15H19Cl2N. The van der Waals surface area contributed by atoms with E-state index in [1.54, 1.807) is 0 Å². The molecule has 0 bridgehead atoms. The average Bonchev–Trinajstić information content (AvgIpc) is 3.25. The lowest BCUT2D eigenvalue weighted by Gasteiger charge is -2.19. The minimum absolute atomic E-state index is 0.311. The highest BCUT2D eigenvalue weighted by Gasteiger charge is 2.54. The Kier molecular flexibility index (Phi) is 3.34. The maximum absolute atomic E-state index is 6.16. The van der Waals surface area contributed by atoms with Crippen molar-refractivity contribution in [2.24, 2.45) is 5.92 Å². The Labute approximate surface area is 119 Å². The first kappa shape index (κ1) is 12.8. The minimum atomic E-state index is 0.311. The van der Waals surface area contributed by atoms with Gasteiger partial charge in [-0.1, -0.05) is 42.6 Å². The SMILES string of the molecule is CCC1CC1(CNC1CC1)c1ccc(Cl)c(Cl)c1. The van der Waals surface area contributed by atoms with Gasteiger partial charge in [-0.15, -0.1) is 0 Å². The monoisotopic (exact) mass is 283 g/mol. The van der Waals surface area contributed by atoms with Gasteiger partial charge in [0.25, 0.3) is 0 Å². The van der Waals surface area contributed by atoms with Gasteiger partial charge in [0.2, 0.25) is 0 Å². The highest BCUT2D eigenvalue weighted by Crippen LogP contribution is 2.56. The molecule has 98 valence electrons. The average molecular weight is 284 g/mol. The first-order valence-corrected chi connectivity index (χ1v) is 7.60. The summed E-state index contributed by atoms with van der Waals surface area (Å²) >= 11 is 12.2. The standard InChI is InChI=1S/C15H19Cl2N/c1-2-10-8-15(10,9-18-12-4-5-12)11-3-6-13(16)14(17)7-11/h3,6-7,10,12,18H,2,4-5,8-9H2,1H3. The summed E-state index contributed by atoms with van der Waals surface area (Å²) in [4.78, 5) is 0. The topological polar surface area (TPSA) is 12.0 Å². The van der Waals surface area contributed by atoms with Crippen molar-refractivity contribution in [2.75, 3.05) is 6.54 Å². The molecular weight excluding hydrogens is 265 g/mol. The molecule has 2 atom stereocenters. The van der Waals surface area contributed by atoms with Gasteiger partial charge in [0.15, 0.2) is 0 Å².